The predicted molar refractivity (Wildman–Crippen MR) is 59.5 cm³/mol. The number of amides is 1. The fourth-order valence-corrected chi connectivity index (χ4v) is 1.42. The molecule has 0 saturated carbocycles. The normalized spacial score (nSPS) is 10.1. The average Bonchev–Trinajstić information content (AvgIpc) is 2.70. The number of benzene rings is 1. The number of aromatic amines is 1. The number of carbonyl (C=O) groups is 1. The molecule has 1 amide bonds. The van der Waals surface area contributed by atoms with E-state index in [1.807, 2.05) is 12.1 Å². The molecule has 0 radical (unpaired) electrons. The number of aromatic nitrogens is 1. The minimum atomic E-state index is -0.363. The molecule has 0 aliphatic rings. The number of hydrogen-bond acceptors (Lipinski definition) is 1. The SMILES string of the molecule is O=C(Cc1ccc[nH]1)Nc1cccc(F)c1. The van der Waals surface area contributed by atoms with E-state index in [1.54, 1.807) is 18.3 Å². The minimum absolute atomic E-state index is 0.173. The second-order valence-corrected chi connectivity index (χ2v) is 3.43. The number of nitrogens with one attached hydrogen (secondary N) is 2. The first kappa shape index (κ1) is 10.4. The third kappa shape index (κ3) is 2.70. The number of halogens is 1. The molecule has 0 fully saturated rings. The number of anilines is 1. The fraction of sp³-hybridized carbons (Fsp3) is 0.0833. The van der Waals surface area contributed by atoms with Crippen molar-refractivity contribution in [2.24, 2.45) is 0 Å². The van der Waals surface area contributed by atoms with Gasteiger partial charge in [0.1, 0.15) is 5.82 Å². The zero-order valence-corrected chi connectivity index (χ0v) is 8.53. The van der Waals surface area contributed by atoms with E-state index in [-0.39, 0.29) is 18.1 Å². The smallest absolute Gasteiger partial charge is 0.230 e. The maximum absolute atomic E-state index is 12.8. The van der Waals surface area contributed by atoms with E-state index in [9.17, 15) is 9.18 Å². The highest BCUT2D eigenvalue weighted by atomic mass is 19.1. The Morgan fingerprint density at radius 2 is 2.19 bits per heavy atom. The molecular formula is C12H11FN2O. The van der Waals surface area contributed by atoms with Gasteiger partial charge in [0.05, 0.1) is 6.42 Å². The van der Waals surface area contributed by atoms with Crippen LogP contribution in [0.5, 0.6) is 0 Å². The van der Waals surface area contributed by atoms with Crippen molar-refractivity contribution in [3.8, 4) is 0 Å². The molecule has 4 heteroatoms. The summed E-state index contributed by atoms with van der Waals surface area (Å²) in [6, 6.07) is 9.47. The van der Waals surface area contributed by atoms with Crippen LogP contribution >= 0.6 is 0 Å². The number of hydrogen-bond donors (Lipinski definition) is 2. The van der Waals surface area contributed by atoms with Gasteiger partial charge in [-0.15, -0.1) is 0 Å². The molecule has 16 heavy (non-hydrogen) atoms. The van der Waals surface area contributed by atoms with Crippen LogP contribution < -0.4 is 5.32 Å². The zero-order valence-electron chi connectivity index (χ0n) is 8.53. The van der Waals surface area contributed by atoms with Gasteiger partial charge in [-0.05, 0) is 30.3 Å². The number of rotatable bonds is 3. The Bertz CT molecular complexity index is 480. The summed E-state index contributed by atoms with van der Waals surface area (Å²) in [6.45, 7) is 0. The van der Waals surface area contributed by atoms with Crippen LogP contribution in [0.1, 0.15) is 5.69 Å². The summed E-state index contributed by atoms with van der Waals surface area (Å²) in [5.74, 6) is -0.536. The van der Waals surface area contributed by atoms with E-state index in [0.717, 1.165) is 5.69 Å². The lowest BCUT2D eigenvalue weighted by molar-refractivity contribution is -0.115. The van der Waals surface area contributed by atoms with E-state index in [0.29, 0.717) is 5.69 Å². The first-order chi connectivity index (χ1) is 7.74. The third-order valence-corrected chi connectivity index (χ3v) is 2.12. The Kier molecular flexibility index (Phi) is 3.00. The Labute approximate surface area is 92.3 Å². The van der Waals surface area contributed by atoms with Crippen molar-refractivity contribution >= 4 is 11.6 Å². The van der Waals surface area contributed by atoms with Crippen LogP contribution in [0.2, 0.25) is 0 Å². The molecule has 0 saturated heterocycles. The van der Waals surface area contributed by atoms with Crippen LogP contribution in [0.4, 0.5) is 10.1 Å². The zero-order chi connectivity index (χ0) is 11.4. The van der Waals surface area contributed by atoms with Gasteiger partial charge in [0, 0.05) is 17.6 Å². The van der Waals surface area contributed by atoms with Crippen LogP contribution in [0, 0.1) is 5.82 Å². The lowest BCUT2D eigenvalue weighted by Gasteiger charge is -2.03. The Morgan fingerprint density at radius 3 is 2.88 bits per heavy atom. The highest BCUT2D eigenvalue weighted by Gasteiger charge is 2.04. The van der Waals surface area contributed by atoms with Gasteiger partial charge in [-0.25, -0.2) is 4.39 Å². The summed E-state index contributed by atoms with van der Waals surface area (Å²) >= 11 is 0. The van der Waals surface area contributed by atoms with E-state index in [4.69, 9.17) is 0 Å². The topological polar surface area (TPSA) is 44.9 Å². The molecule has 0 spiro atoms. The van der Waals surface area contributed by atoms with Crippen molar-refractivity contribution < 1.29 is 9.18 Å². The van der Waals surface area contributed by atoms with Crippen molar-refractivity contribution in [2.45, 2.75) is 6.42 Å². The van der Waals surface area contributed by atoms with Gasteiger partial charge in [-0.2, -0.15) is 0 Å². The van der Waals surface area contributed by atoms with Crippen molar-refractivity contribution in [2.75, 3.05) is 5.32 Å². The van der Waals surface area contributed by atoms with E-state index < -0.39 is 0 Å². The van der Waals surface area contributed by atoms with E-state index >= 15 is 0 Å². The van der Waals surface area contributed by atoms with Gasteiger partial charge in [-0.1, -0.05) is 6.07 Å². The van der Waals surface area contributed by atoms with Gasteiger partial charge in [0.2, 0.25) is 5.91 Å². The van der Waals surface area contributed by atoms with Gasteiger partial charge in [0.15, 0.2) is 0 Å². The Balaban J connectivity index is 1.97. The van der Waals surface area contributed by atoms with E-state index in [2.05, 4.69) is 10.3 Å². The molecule has 2 aromatic rings. The van der Waals surface area contributed by atoms with E-state index in [1.165, 1.54) is 12.1 Å². The molecule has 0 aliphatic carbocycles. The van der Waals surface area contributed by atoms with Gasteiger partial charge >= 0.3 is 0 Å². The maximum atomic E-state index is 12.8. The summed E-state index contributed by atoms with van der Waals surface area (Å²) in [7, 11) is 0. The fourth-order valence-electron chi connectivity index (χ4n) is 1.42. The minimum Gasteiger partial charge on any atom is -0.365 e. The average molecular weight is 218 g/mol. The molecule has 1 heterocycles. The summed E-state index contributed by atoms with van der Waals surface area (Å²) < 4.78 is 12.8. The molecule has 0 aliphatic heterocycles. The lowest BCUT2D eigenvalue weighted by atomic mass is 10.2. The molecule has 0 bridgehead atoms. The molecule has 3 nitrogen and oxygen atoms in total. The summed E-state index contributed by atoms with van der Waals surface area (Å²) in [4.78, 5) is 14.5. The molecular weight excluding hydrogens is 207 g/mol. The summed E-state index contributed by atoms with van der Waals surface area (Å²) in [5, 5.41) is 2.62. The highest BCUT2D eigenvalue weighted by molar-refractivity contribution is 5.91. The molecule has 82 valence electrons. The Morgan fingerprint density at radius 1 is 1.31 bits per heavy atom. The summed E-state index contributed by atoms with van der Waals surface area (Å²) in [6.07, 6.45) is 2.01. The first-order valence-electron chi connectivity index (χ1n) is 4.92. The largest absolute Gasteiger partial charge is 0.365 e. The van der Waals surface area contributed by atoms with Crippen LogP contribution in [-0.4, -0.2) is 10.9 Å². The van der Waals surface area contributed by atoms with Crippen LogP contribution in [0.15, 0.2) is 42.6 Å². The molecule has 1 aromatic heterocycles. The second-order valence-electron chi connectivity index (χ2n) is 3.43. The molecule has 0 unspecified atom stereocenters. The Hall–Kier alpha value is -2.10. The molecule has 1 aromatic carbocycles. The maximum Gasteiger partial charge on any atom is 0.230 e. The van der Waals surface area contributed by atoms with Crippen molar-refractivity contribution in [1.29, 1.82) is 0 Å². The highest BCUT2D eigenvalue weighted by Crippen LogP contribution is 2.09. The lowest BCUT2D eigenvalue weighted by Crippen LogP contribution is -2.14. The van der Waals surface area contributed by atoms with Crippen molar-refractivity contribution in [3.05, 3.63) is 54.1 Å². The van der Waals surface area contributed by atoms with Crippen molar-refractivity contribution in [3.63, 3.8) is 0 Å². The standard InChI is InChI=1S/C12H11FN2O/c13-9-3-1-4-11(7-9)15-12(16)8-10-5-2-6-14-10/h1-7,14H,8H2,(H,15,16). The quantitative estimate of drug-likeness (QED) is 0.816. The molecule has 2 rings (SSSR count). The van der Waals surface area contributed by atoms with Crippen LogP contribution in [0.25, 0.3) is 0 Å². The number of H-pyrrole nitrogens is 1. The van der Waals surface area contributed by atoms with Crippen LogP contribution in [0.3, 0.4) is 0 Å². The second kappa shape index (κ2) is 4.61. The van der Waals surface area contributed by atoms with Gasteiger partial charge in [-0.3, -0.25) is 4.79 Å². The van der Waals surface area contributed by atoms with Gasteiger partial charge in [0.25, 0.3) is 0 Å². The molecule has 2 N–H and O–H groups in total. The summed E-state index contributed by atoms with van der Waals surface area (Å²) in [5.41, 5.74) is 1.30. The third-order valence-electron chi connectivity index (χ3n) is 2.12. The van der Waals surface area contributed by atoms with Crippen LogP contribution in [-0.2, 0) is 11.2 Å². The number of carbonyl (C=O) groups excluding carboxylic acids is 1. The predicted octanol–water partition coefficient (Wildman–Crippen LogP) is 2.33. The molecule has 0 atom stereocenters. The first-order valence-corrected chi connectivity index (χ1v) is 4.92. The van der Waals surface area contributed by atoms with Gasteiger partial charge < -0.3 is 10.3 Å². The van der Waals surface area contributed by atoms with Crippen molar-refractivity contribution in [1.82, 2.24) is 4.98 Å². The monoisotopic (exact) mass is 218 g/mol.